The highest BCUT2D eigenvalue weighted by molar-refractivity contribution is 5.93. The summed E-state index contributed by atoms with van der Waals surface area (Å²) in [5, 5.41) is 8.24. The normalized spacial score (nSPS) is 13.9. The van der Waals surface area contributed by atoms with Crippen LogP contribution in [0.2, 0.25) is 0 Å². The summed E-state index contributed by atoms with van der Waals surface area (Å²) < 4.78 is 51.0. The van der Waals surface area contributed by atoms with Crippen LogP contribution in [0.1, 0.15) is 55.7 Å². The highest BCUT2D eigenvalue weighted by Crippen LogP contribution is 2.32. The van der Waals surface area contributed by atoms with Crippen molar-refractivity contribution in [2.75, 3.05) is 19.7 Å². The van der Waals surface area contributed by atoms with Gasteiger partial charge in [-0.3, -0.25) is 0 Å². The number of ether oxygens (including phenoxy) is 2. The van der Waals surface area contributed by atoms with Gasteiger partial charge in [-0.05, 0) is 69.0 Å². The minimum absolute atomic E-state index is 0.159. The van der Waals surface area contributed by atoms with Crippen LogP contribution in [0.15, 0.2) is 66.9 Å². The smallest absolute Gasteiger partial charge is 0.416 e. The number of benzene rings is 2. The lowest BCUT2D eigenvalue weighted by Crippen LogP contribution is -2.39. The first kappa shape index (κ1) is 30.6. The van der Waals surface area contributed by atoms with Gasteiger partial charge in [0.1, 0.15) is 11.3 Å². The molecule has 2 aromatic heterocycles. The first-order valence-electron chi connectivity index (χ1n) is 14.1. The molecule has 4 aromatic rings. The molecule has 0 fully saturated rings. The fourth-order valence-electron chi connectivity index (χ4n) is 4.77. The van der Waals surface area contributed by atoms with Gasteiger partial charge in [0.05, 0.1) is 24.1 Å². The SMILES string of the molecule is CCOC(=O)c1[nH]c(-c2ccc(C3=CCN(C(=O)OC(C)(C)C)CC3)cc2)cc1-n1cc(-c2ccc(C(F)(F)F)cc2)nn1. The summed E-state index contributed by atoms with van der Waals surface area (Å²) in [5.41, 5.74) is 3.59. The van der Waals surface area contributed by atoms with E-state index in [2.05, 4.69) is 15.3 Å². The Labute approximate surface area is 252 Å². The number of carbonyl (C=O) groups is 2. The molecule has 0 saturated heterocycles. The van der Waals surface area contributed by atoms with Gasteiger partial charge in [-0.2, -0.15) is 13.2 Å². The zero-order chi connectivity index (χ0) is 31.6. The highest BCUT2D eigenvalue weighted by Gasteiger charge is 2.30. The lowest BCUT2D eigenvalue weighted by molar-refractivity contribution is -0.137. The molecule has 1 N–H and O–H groups in total. The third-order valence-electron chi connectivity index (χ3n) is 6.95. The van der Waals surface area contributed by atoms with Crippen molar-refractivity contribution in [3.8, 4) is 28.2 Å². The predicted octanol–water partition coefficient (Wildman–Crippen LogP) is 7.15. The summed E-state index contributed by atoms with van der Waals surface area (Å²) in [6, 6.07) is 14.2. The zero-order valence-corrected chi connectivity index (χ0v) is 24.7. The molecule has 44 heavy (non-hydrogen) atoms. The Kier molecular flexibility index (Phi) is 8.36. The summed E-state index contributed by atoms with van der Waals surface area (Å²) in [5.74, 6) is -0.584. The summed E-state index contributed by atoms with van der Waals surface area (Å²) >= 11 is 0. The van der Waals surface area contributed by atoms with E-state index in [1.54, 1.807) is 17.9 Å². The number of alkyl halides is 3. The summed E-state index contributed by atoms with van der Waals surface area (Å²) in [7, 11) is 0. The van der Waals surface area contributed by atoms with Gasteiger partial charge in [-0.15, -0.1) is 5.10 Å². The van der Waals surface area contributed by atoms with Crippen molar-refractivity contribution in [2.24, 2.45) is 0 Å². The summed E-state index contributed by atoms with van der Waals surface area (Å²) in [6.07, 6.45) is -0.529. The maximum atomic E-state index is 13.0. The Morgan fingerprint density at radius 1 is 0.977 bits per heavy atom. The molecule has 0 radical (unpaired) electrons. The van der Waals surface area contributed by atoms with Crippen LogP contribution in [0.4, 0.5) is 18.0 Å². The zero-order valence-electron chi connectivity index (χ0n) is 24.7. The number of H-pyrrole nitrogens is 1. The number of amides is 1. The van der Waals surface area contributed by atoms with E-state index in [1.165, 1.54) is 23.0 Å². The van der Waals surface area contributed by atoms with Crippen molar-refractivity contribution in [2.45, 2.75) is 45.9 Å². The number of hydrogen-bond donors (Lipinski definition) is 1. The highest BCUT2D eigenvalue weighted by atomic mass is 19.4. The minimum Gasteiger partial charge on any atom is -0.461 e. The van der Waals surface area contributed by atoms with E-state index in [-0.39, 0.29) is 18.4 Å². The van der Waals surface area contributed by atoms with Gasteiger partial charge in [0.15, 0.2) is 5.69 Å². The molecule has 5 rings (SSSR count). The minimum atomic E-state index is -4.44. The third-order valence-corrected chi connectivity index (χ3v) is 6.95. The topological polar surface area (TPSA) is 102 Å². The second-order valence-electron chi connectivity index (χ2n) is 11.3. The standard InChI is InChI=1S/C32H32F3N5O4/c1-5-43-29(41)28-27(40-19-26(37-38-40)23-10-12-24(13-11-23)32(33,34)35)18-25(36-28)22-8-6-20(7-9-22)21-14-16-39(17-15-21)30(42)44-31(2,3)4/h6-14,18-19,36H,5,15-17H2,1-4H3. The van der Waals surface area contributed by atoms with Crippen molar-refractivity contribution in [3.63, 3.8) is 0 Å². The van der Waals surface area contributed by atoms with Gasteiger partial charge in [0.2, 0.25) is 0 Å². The van der Waals surface area contributed by atoms with Gasteiger partial charge in [0.25, 0.3) is 0 Å². The molecule has 0 saturated carbocycles. The molecular formula is C32H32F3N5O4. The molecule has 1 amide bonds. The molecule has 0 atom stereocenters. The maximum Gasteiger partial charge on any atom is 0.416 e. The summed E-state index contributed by atoms with van der Waals surface area (Å²) in [6.45, 7) is 8.40. The first-order valence-corrected chi connectivity index (χ1v) is 14.1. The van der Waals surface area contributed by atoms with Crippen LogP contribution in [0.5, 0.6) is 0 Å². The molecule has 230 valence electrons. The third kappa shape index (κ3) is 6.85. The van der Waals surface area contributed by atoms with Gasteiger partial charge < -0.3 is 19.4 Å². The van der Waals surface area contributed by atoms with Crippen molar-refractivity contribution >= 4 is 17.6 Å². The van der Waals surface area contributed by atoms with Crippen molar-refractivity contribution in [3.05, 3.63) is 83.7 Å². The average Bonchev–Trinajstić information content (AvgIpc) is 3.65. The molecule has 9 nitrogen and oxygen atoms in total. The van der Waals surface area contributed by atoms with Gasteiger partial charge in [-0.1, -0.05) is 47.7 Å². The van der Waals surface area contributed by atoms with E-state index in [1.807, 2.05) is 51.1 Å². The molecule has 0 aliphatic carbocycles. The quantitative estimate of drug-likeness (QED) is 0.234. The number of nitrogens with zero attached hydrogens (tertiary/aromatic N) is 4. The first-order chi connectivity index (χ1) is 20.8. The molecule has 1 aliphatic rings. The summed E-state index contributed by atoms with van der Waals surface area (Å²) in [4.78, 5) is 30.0. The maximum absolute atomic E-state index is 13.0. The Bertz CT molecular complexity index is 1680. The van der Waals surface area contributed by atoms with E-state index in [0.717, 1.165) is 28.8 Å². The Hall–Kier alpha value is -4.87. The van der Waals surface area contributed by atoms with E-state index in [0.29, 0.717) is 42.1 Å². The van der Waals surface area contributed by atoms with Crippen molar-refractivity contribution in [1.29, 1.82) is 0 Å². The van der Waals surface area contributed by atoms with Crippen LogP contribution in [0, 0.1) is 0 Å². The van der Waals surface area contributed by atoms with Crippen LogP contribution >= 0.6 is 0 Å². The Morgan fingerprint density at radius 3 is 2.23 bits per heavy atom. The lowest BCUT2D eigenvalue weighted by Gasteiger charge is -2.29. The number of nitrogens with one attached hydrogen (secondary N) is 1. The Balaban J connectivity index is 1.37. The van der Waals surface area contributed by atoms with E-state index in [9.17, 15) is 22.8 Å². The van der Waals surface area contributed by atoms with Crippen LogP contribution in [-0.4, -0.2) is 62.2 Å². The van der Waals surface area contributed by atoms with Gasteiger partial charge in [-0.25, -0.2) is 14.3 Å². The Morgan fingerprint density at radius 2 is 1.64 bits per heavy atom. The number of carbonyl (C=O) groups excluding carboxylic acids is 2. The van der Waals surface area contributed by atoms with E-state index in [4.69, 9.17) is 9.47 Å². The van der Waals surface area contributed by atoms with Gasteiger partial charge in [0, 0.05) is 24.3 Å². The molecule has 0 spiro atoms. The number of halogens is 3. The van der Waals surface area contributed by atoms with Gasteiger partial charge >= 0.3 is 18.2 Å². The largest absolute Gasteiger partial charge is 0.461 e. The predicted molar refractivity (Wildman–Crippen MR) is 158 cm³/mol. The number of aromatic amines is 1. The molecule has 3 heterocycles. The molecule has 2 aromatic carbocycles. The molecule has 0 bridgehead atoms. The van der Waals surface area contributed by atoms with E-state index >= 15 is 0 Å². The fraction of sp³-hybridized carbons (Fsp3) is 0.312. The van der Waals surface area contributed by atoms with E-state index < -0.39 is 23.3 Å². The average molecular weight is 608 g/mol. The van der Waals surface area contributed by atoms with Crippen LogP contribution in [-0.2, 0) is 15.7 Å². The fourth-order valence-corrected chi connectivity index (χ4v) is 4.77. The van der Waals surface area contributed by atoms with Crippen molar-refractivity contribution in [1.82, 2.24) is 24.9 Å². The molecule has 0 unspecified atom stereocenters. The molecular weight excluding hydrogens is 575 g/mol. The lowest BCUT2D eigenvalue weighted by atomic mass is 9.98. The number of esters is 1. The monoisotopic (exact) mass is 607 g/mol. The molecule has 12 heteroatoms. The number of rotatable bonds is 6. The second-order valence-corrected chi connectivity index (χ2v) is 11.3. The second kappa shape index (κ2) is 12.0. The number of aromatic nitrogens is 4. The van der Waals surface area contributed by atoms with Crippen LogP contribution in [0.3, 0.4) is 0 Å². The van der Waals surface area contributed by atoms with Crippen LogP contribution in [0.25, 0.3) is 33.8 Å². The van der Waals surface area contributed by atoms with Crippen molar-refractivity contribution < 1.29 is 32.2 Å². The molecule has 1 aliphatic heterocycles. The number of hydrogen-bond acceptors (Lipinski definition) is 6. The van der Waals surface area contributed by atoms with Crippen LogP contribution < -0.4 is 0 Å².